The Bertz CT molecular complexity index is 106. The van der Waals surface area contributed by atoms with Gasteiger partial charge in [-0.1, -0.05) is 0 Å². The highest BCUT2D eigenvalue weighted by Gasteiger charge is 1.81. The van der Waals surface area contributed by atoms with Crippen molar-refractivity contribution >= 4 is 5.97 Å². The van der Waals surface area contributed by atoms with Crippen LogP contribution in [-0.4, -0.2) is 12.6 Å². The summed E-state index contributed by atoms with van der Waals surface area (Å²) >= 11 is 0. The number of nitrogens with zero attached hydrogens (tertiary/aromatic N) is 1. The van der Waals surface area contributed by atoms with Gasteiger partial charge >= 0.3 is 5.97 Å². The molecule has 0 aromatic rings. The summed E-state index contributed by atoms with van der Waals surface area (Å²) in [6.45, 7) is 3.65. The Kier molecular flexibility index (Phi) is 11.8. The molecule has 2 N–H and O–H groups in total. The van der Waals surface area contributed by atoms with Crippen LogP contribution in [0.1, 0.15) is 13.8 Å². The van der Waals surface area contributed by atoms with Crippen molar-refractivity contribution < 1.29 is 9.53 Å². The van der Waals surface area contributed by atoms with Crippen LogP contribution in [-0.2, 0) is 9.53 Å². The van der Waals surface area contributed by atoms with E-state index < -0.39 is 0 Å². The van der Waals surface area contributed by atoms with E-state index >= 15 is 0 Å². The fraction of sp³-hybridized carbons (Fsp3) is 0.600. The highest BCUT2D eigenvalue weighted by molar-refractivity contribution is 5.65. The number of esters is 1. The molecule has 0 aromatic carbocycles. The van der Waals surface area contributed by atoms with Crippen LogP contribution < -0.4 is 5.73 Å². The van der Waals surface area contributed by atoms with Crippen LogP contribution in [0, 0.1) is 11.5 Å². The third-order valence-electron chi connectivity index (χ3n) is 0.348. The van der Waals surface area contributed by atoms with Crippen LogP contribution in [0.2, 0.25) is 0 Å². The fourth-order valence-corrected chi connectivity index (χ4v) is 0.203. The van der Waals surface area contributed by atoms with E-state index in [0.717, 1.165) is 0 Å². The third-order valence-corrected chi connectivity index (χ3v) is 0.348. The van der Waals surface area contributed by atoms with E-state index in [-0.39, 0.29) is 5.97 Å². The molecule has 0 aliphatic carbocycles. The van der Waals surface area contributed by atoms with Gasteiger partial charge in [0.15, 0.2) is 6.19 Å². The van der Waals surface area contributed by atoms with Crippen molar-refractivity contribution in [3.63, 3.8) is 0 Å². The van der Waals surface area contributed by atoms with Crippen molar-refractivity contribution in [3.05, 3.63) is 0 Å². The van der Waals surface area contributed by atoms with Crippen LogP contribution in [0.25, 0.3) is 0 Å². The average molecular weight is 130 g/mol. The van der Waals surface area contributed by atoms with Crippen LogP contribution in [0.5, 0.6) is 0 Å². The van der Waals surface area contributed by atoms with E-state index in [9.17, 15) is 4.79 Å². The lowest BCUT2D eigenvalue weighted by molar-refractivity contribution is -0.140. The third kappa shape index (κ3) is 49.4. The van der Waals surface area contributed by atoms with Gasteiger partial charge in [-0.05, 0) is 6.92 Å². The van der Waals surface area contributed by atoms with Crippen LogP contribution in [0.4, 0.5) is 0 Å². The Morgan fingerprint density at radius 1 is 1.89 bits per heavy atom. The minimum Gasteiger partial charge on any atom is -0.466 e. The predicted molar refractivity (Wildman–Crippen MR) is 32.1 cm³/mol. The predicted octanol–water partition coefficient (Wildman–Crippen LogP) is -0.00442. The second kappa shape index (κ2) is 9.90. The van der Waals surface area contributed by atoms with Crippen LogP contribution >= 0.6 is 0 Å². The van der Waals surface area contributed by atoms with Gasteiger partial charge in [-0.3, -0.25) is 4.79 Å². The SMILES string of the molecule is CCOC(C)=O.N#CN. The van der Waals surface area contributed by atoms with Gasteiger partial charge in [0.1, 0.15) is 0 Å². The monoisotopic (exact) mass is 130 g/mol. The maximum Gasteiger partial charge on any atom is 0.302 e. The molecule has 0 spiro atoms. The Balaban J connectivity index is 0. The summed E-state index contributed by atoms with van der Waals surface area (Å²) < 4.78 is 4.40. The zero-order valence-electron chi connectivity index (χ0n) is 5.55. The quantitative estimate of drug-likeness (QED) is 0.308. The molecule has 0 atom stereocenters. The van der Waals surface area contributed by atoms with E-state index in [1.165, 1.54) is 13.1 Å². The van der Waals surface area contributed by atoms with Gasteiger partial charge in [0.25, 0.3) is 0 Å². The Hall–Kier alpha value is -1.24. The molecule has 0 fully saturated rings. The second-order valence-electron chi connectivity index (χ2n) is 1.05. The molecule has 0 saturated carbocycles. The summed E-state index contributed by atoms with van der Waals surface area (Å²) in [6.07, 6.45) is 1.25. The summed E-state index contributed by atoms with van der Waals surface area (Å²) in [6, 6.07) is 0. The first-order valence-electron chi connectivity index (χ1n) is 2.42. The molecule has 4 nitrogen and oxygen atoms in total. The fourth-order valence-electron chi connectivity index (χ4n) is 0.203. The van der Waals surface area contributed by atoms with Crippen molar-refractivity contribution in [2.75, 3.05) is 6.61 Å². The van der Waals surface area contributed by atoms with Crippen LogP contribution in [0.15, 0.2) is 0 Å². The van der Waals surface area contributed by atoms with Gasteiger partial charge in [0.05, 0.1) is 6.61 Å². The number of carbonyl (C=O) groups excluding carboxylic acids is 1. The van der Waals surface area contributed by atoms with Gasteiger partial charge in [0, 0.05) is 6.92 Å². The van der Waals surface area contributed by atoms with Crippen molar-refractivity contribution in [3.8, 4) is 6.19 Å². The molecule has 52 valence electrons. The zero-order valence-corrected chi connectivity index (χ0v) is 5.55. The normalized spacial score (nSPS) is 5.89. The molecule has 0 aromatic heterocycles. The molecule has 0 unspecified atom stereocenters. The zero-order chi connectivity index (χ0) is 7.70. The highest BCUT2D eigenvalue weighted by atomic mass is 16.5. The molecule has 4 heteroatoms. The molecular formula is C5H10N2O2. The molecule has 0 rings (SSSR count). The number of nitrogens with two attached hydrogens (primary N) is 1. The lowest BCUT2D eigenvalue weighted by Crippen LogP contribution is -1.95. The number of rotatable bonds is 1. The summed E-state index contributed by atoms with van der Waals surface area (Å²) in [5, 5.41) is 7.10. The first kappa shape index (κ1) is 10.7. The molecule has 0 saturated heterocycles. The largest absolute Gasteiger partial charge is 0.466 e. The molecule has 0 bridgehead atoms. The van der Waals surface area contributed by atoms with Gasteiger partial charge in [-0.15, -0.1) is 0 Å². The van der Waals surface area contributed by atoms with Crippen molar-refractivity contribution in [2.24, 2.45) is 5.73 Å². The van der Waals surface area contributed by atoms with Crippen molar-refractivity contribution in [1.29, 1.82) is 5.26 Å². The summed E-state index contributed by atoms with van der Waals surface area (Å²) in [7, 11) is 0. The Labute approximate surface area is 54.2 Å². The number of ether oxygens (including phenoxy) is 1. The van der Waals surface area contributed by atoms with Crippen molar-refractivity contribution in [1.82, 2.24) is 0 Å². The highest BCUT2D eigenvalue weighted by Crippen LogP contribution is 1.69. The average Bonchev–Trinajstić information content (AvgIpc) is 1.67. The van der Waals surface area contributed by atoms with E-state index in [0.29, 0.717) is 6.61 Å². The maximum absolute atomic E-state index is 9.82. The van der Waals surface area contributed by atoms with E-state index in [4.69, 9.17) is 5.26 Å². The van der Waals surface area contributed by atoms with Gasteiger partial charge in [-0.25, -0.2) is 0 Å². The standard InChI is InChI=1S/C4H8O2.CH2N2/c1-3-6-4(2)5;2-1-3/h3H2,1-2H3;2H2. The number of hydrogen-bond acceptors (Lipinski definition) is 4. The molecule has 0 aliphatic rings. The van der Waals surface area contributed by atoms with Crippen molar-refractivity contribution in [2.45, 2.75) is 13.8 Å². The summed E-state index contributed by atoms with van der Waals surface area (Å²) in [5.74, 6) is -0.211. The minimum absolute atomic E-state index is 0.211. The lowest BCUT2D eigenvalue weighted by Gasteiger charge is -1.89. The Morgan fingerprint density at radius 2 is 2.22 bits per heavy atom. The van der Waals surface area contributed by atoms with Gasteiger partial charge < -0.3 is 10.5 Å². The van der Waals surface area contributed by atoms with E-state index in [1.807, 2.05) is 0 Å². The van der Waals surface area contributed by atoms with Gasteiger partial charge in [0.2, 0.25) is 0 Å². The first-order valence-corrected chi connectivity index (χ1v) is 2.42. The maximum atomic E-state index is 9.82. The van der Waals surface area contributed by atoms with Crippen LogP contribution in [0.3, 0.4) is 0 Å². The molecule has 0 radical (unpaired) electrons. The summed E-state index contributed by atoms with van der Waals surface area (Å²) in [4.78, 5) is 9.82. The molecule has 9 heavy (non-hydrogen) atoms. The van der Waals surface area contributed by atoms with E-state index in [2.05, 4.69) is 10.5 Å². The number of carbonyl (C=O) groups is 1. The summed E-state index contributed by atoms with van der Waals surface area (Å²) in [5.41, 5.74) is 4.15. The Morgan fingerprint density at radius 3 is 2.22 bits per heavy atom. The number of nitriles is 1. The molecule has 0 amide bonds. The van der Waals surface area contributed by atoms with Gasteiger partial charge in [-0.2, -0.15) is 5.26 Å². The molecule has 0 aliphatic heterocycles. The lowest BCUT2D eigenvalue weighted by atomic mass is 10.8. The first-order chi connectivity index (χ1) is 4.18. The smallest absolute Gasteiger partial charge is 0.302 e. The second-order valence-corrected chi connectivity index (χ2v) is 1.05. The van der Waals surface area contributed by atoms with E-state index in [1.54, 1.807) is 6.92 Å². The minimum atomic E-state index is -0.211. The topological polar surface area (TPSA) is 76.1 Å². The molecular weight excluding hydrogens is 120 g/mol. The number of hydrogen-bond donors (Lipinski definition) is 1. The molecule has 0 heterocycles.